The molecule has 1 heterocycles. The minimum atomic E-state index is -1.90. The molecule has 0 radical (unpaired) electrons. The lowest BCUT2D eigenvalue weighted by Crippen LogP contribution is -2.61. The number of fused-ring (bicyclic) bond motifs is 8. The predicted molar refractivity (Wildman–Crippen MR) is 197 cm³/mol. The van der Waals surface area contributed by atoms with Crippen molar-refractivity contribution in [2.24, 2.45) is 64.6 Å². The number of carbonyl (C=O) groups excluding carboxylic acids is 3. The molecule has 7 rings (SSSR count). The van der Waals surface area contributed by atoms with Crippen molar-refractivity contribution in [2.45, 2.75) is 76.6 Å². The fourth-order valence-electron chi connectivity index (χ4n) is 11.5. The topological polar surface area (TPSA) is 130 Å². The Labute approximate surface area is 307 Å². The molecule has 3 N–H and O–H groups in total. The van der Waals surface area contributed by atoms with E-state index in [0.717, 1.165) is 12.8 Å². The standard InChI is InChI=1S/C44H54O8/c1-6-8-9-10-11-12-14-18-31-35-29(7-2)30-17-15-13-16-19-34(46)52-43-22-27(4)44(50)32(38(43)41(43,5)25-51-40(48)37(30)36(31)35)21-28(24-45)23-42(49)33(44)20-26(3)39(42)47/h7,9-18,20-21,27,29-33,35-38,45,49-50H,2,6,8,19,22-25H2,1,3-5H3. The highest BCUT2D eigenvalue weighted by Crippen LogP contribution is 2.77. The summed E-state index contributed by atoms with van der Waals surface area (Å²) in [6.45, 7) is 11.3. The van der Waals surface area contributed by atoms with E-state index in [0.29, 0.717) is 11.1 Å². The van der Waals surface area contributed by atoms with Gasteiger partial charge in [0.2, 0.25) is 0 Å². The highest BCUT2D eigenvalue weighted by molar-refractivity contribution is 6.04. The molecule has 52 heavy (non-hydrogen) atoms. The van der Waals surface area contributed by atoms with Gasteiger partial charge in [-0.2, -0.15) is 0 Å². The molecule has 0 amide bonds. The predicted octanol–water partition coefficient (Wildman–Crippen LogP) is 5.93. The van der Waals surface area contributed by atoms with E-state index in [1.807, 2.05) is 50.3 Å². The van der Waals surface area contributed by atoms with Crippen LogP contribution in [-0.2, 0) is 23.9 Å². The van der Waals surface area contributed by atoms with Crippen molar-refractivity contribution in [1.29, 1.82) is 0 Å². The molecule has 0 saturated heterocycles. The van der Waals surface area contributed by atoms with Crippen molar-refractivity contribution in [3.63, 3.8) is 0 Å². The Balaban J connectivity index is 1.21. The zero-order valence-electron chi connectivity index (χ0n) is 30.8. The third-order valence-corrected chi connectivity index (χ3v) is 14.0. The molecule has 4 saturated carbocycles. The first-order valence-corrected chi connectivity index (χ1v) is 19.2. The van der Waals surface area contributed by atoms with Crippen LogP contribution in [0.15, 0.2) is 96.7 Å². The molecule has 14 atom stereocenters. The molecule has 0 aromatic carbocycles. The van der Waals surface area contributed by atoms with Crippen LogP contribution in [0.3, 0.4) is 0 Å². The molecule has 1 spiro atoms. The number of rotatable bonds is 7. The molecule has 0 aromatic rings. The minimum absolute atomic E-state index is 0.0274. The van der Waals surface area contributed by atoms with E-state index in [9.17, 15) is 29.7 Å². The number of hydrogen-bond donors (Lipinski definition) is 3. The van der Waals surface area contributed by atoms with Crippen molar-refractivity contribution in [2.75, 3.05) is 13.2 Å². The number of hydrogen-bond acceptors (Lipinski definition) is 8. The van der Waals surface area contributed by atoms with Crippen LogP contribution in [0.2, 0.25) is 0 Å². The summed E-state index contributed by atoms with van der Waals surface area (Å²) in [5, 5.41) is 35.2. The smallest absolute Gasteiger partial charge is 0.310 e. The average molecular weight is 711 g/mol. The van der Waals surface area contributed by atoms with Crippen LogP contribution in [0.4, 0.5) is 0 Å². The van der Waals surface area contributed by atoms with E-state index in [1.165, 1.54) is 0 Å². The molecular weight excluding hydrogens is 656 g/mol. The van der Waals surface area contributed by atoms with Crippen LogP contribution in [0.5, 0.6) is 0 Å². The number of cyclic esters (lactones) is 1. The van der Waals surface area contributed by atoms with Crippen molar-refractivity contribution >= 4 is 17.7 Å². The number of carbonyl (C=O) groups is 3. The van der Waals surface area contributed by atoms with Crippen LogP contribution >= 0.6 is 0 Å². The fourth-order valence-corrected chi connectivity index (χ4v) is 11.5. The van der Waals surface area contributed by atoms with Gasteiger partial charge in [0.25, 0.3) is 0 Å². The Morgan fingerprint density at radius 3 is 2.54 bits per heavy atom. The monoisotopic (exact) mass is 710 g/mol. The van der Waals surface area contributed by atoms with Gasteiger partial charge < -0.3 is 24.8 Å². The van der Waals surface area contributed by atoms with E-state index < -0.39 is 64.2 Å². The van der Waals surface area contributed by atoms with Gasteiger partial charge in [0.1, 0.15) is 17.8 Å². The number of ether oxygens (including phenoxy) is 2. The Morgan fingerprint density at radius 2 is 1.81 bits per heavy atom. The summed E-state index contributed by atoms with van der Waals surface area (Å²) in [5.41, 5.74) is -4.62. The van der Waals surface area contributed by atoms with Gasteiger partial charge >= 0.3 is 11.9 Å². The maximum atomic E-state index is 14.4. The lowest BCUT2D eigenvalue weighted by molar-refractivity contribution is -0.187. The molecule has 0 bridgehead atoms. The van der Waals surface area contributed by atoms with Crippen LogP contribution in [-0.4, -0.2) is 63.1 Å². The molecule has 8 nitrogen and oxygen atoms in total. The van der Waals surface area contributed by atoms with Crippen LogP contribution < -0.4 is 0 Å². The van der Waals surface area contributed by atoms with E-state index in [2.05, 4.69) is 37.8 Å². The summed E-state index contributed by atoms with van der Waals surface area (Å²) in [5.74, 6) is -3.60. The Morgan fingerprint density at radius 1 is 1.04 bits per heavy atom. The lowest BCUT2D eigenvalue weighted by Gasteiger charge is -2.50. The first kappa shape index (κ1) is 36.8. The number of allylic oxidation sites excluding steroid dienone is 10. The van der Waals surface area contributed by atoms with Gasteiger partial charge in [-0.05, 0) is 66.4 Å². The van der Waals surface area contributed by atoms with E-state index in [-0.39, 0.29) is 67.3 Å². The Kier molecular flexibility index (Phi) is 9.45. The number of esters is 2. The second kappa shape index (κ2) is 13.4. The molecule has 14 unspecified atom stereocenters. The van der Waals surface area contributed by atoms with Crippen molar-refractivity contribution in [3.05, 3.63) is 96.7 Å². The minimum Gasteiger partial charge on any atom is -0.465 e. The molecule has 6 aliphatic carbocycles. The number of ketones is 1. The molecule has 7 aliphatic rings. The fraction of sp³-hybridized carbons (Fsp3) is 0.568. The molecule has 278 valence electrons. The molecule has 4 fully saturated rings. The quantitative estimate of drug-likeness (QED) is 0.169. The molecule has 0 aromatic heterocycles. The number of unbranched alkanes of at least 4 members (excludes halogenated alkanes) is 1. The number of Topliss-reactive ketones (excluding diaryl/α,β-unsaturated/α-hetero) is 1. The van der Waals surface area contributed by atoms with Gasteiger partial charge in [0, 0.05) is 29.6 Å². The second-order valence-corrected chi connectivity index (χ2v) is 16.8. The van der Waals surface area contributed by atoms with Gasteiger partial charge in [0.15, 0.2) is 5.78 Å². The van der Waals surface area contributed by atoms with Gasteiger partial charge in [-0.15, -0.1) is 6.58 Å². The zero-order valence-corrected chi connectivity index (χ0v) is 30.8. The summed E-state index contributed by atoms with van der Waals surface area (Å²) in [4.78, 5) is 41.2. The van der Waals surface area contributed by atoms with Crippen LogP contribution in [0.1, 0.15) is 59.8 Å². The van der Waals surface area contributed by atoms with Crippen molar-refractivity contribution < 1.29 is 39.2 Å². The van der Waals surface area contributed by atoms with Crippen LogP contribution in [0.25, 0.3) is 0 Å². The van der Waals surface area contributed by atoms with Crippen LogP contribution in [0, 0.1) is 64.6 Å². The summed E-state index contributed by atoms with van der Waals surface area (Å²) in [6.07, 6.45) is 27.9. The van der Waals surface area contributed by atoms with E-state index >= 15 is 0 Å². The van der Waals surface area contributed by atoms with Crippen molar-refractivity contribution in [1.82, 2.24) is 0 Å². The van der Waals surface area contributed by atoms with Gasteiger partial charge in [-0.3, -0.25) is 14.4 Å². The van der Waals surface area contributed by atoms with E-state index in [4.69, 9.17) is 9.47 Å². The summed E-state index contributed by atoms with van der Waals surface area (Å²) >= 11 is 0. The second-order valence-electron chi connectivity index (χ2n) is 16.8. The van der Waals surface area contributed by atoms with Crippen molar-refractivity contribution in [3.8, 4) is 0 Å². The first-order valence-electron chi connectivity index (χ1n) is 19.2. The Hall–Kier alpha value is -3.59. The van der Waals surface area contributed by atoms with Gasteiger partial charge in [0.05, 0.1) is 24.5 Å². The Bertz CT molecular complexity index is 1730. The average Bonchev–Trinajstić information content (AvgIpc) is 3.85. The summed E-state index contributed by atoms with van der Waals surface area (Å²) in [6, 6.07) is 0. The number of aliphatic hydroxyl groups is 3. The van der Waals surface area contributed by atoms with E-state index in [1.54, 1.807) is 25.2 Å². The maximum Gasteiger partial charge on any atom is 0.310 e. The number of aliphatic hydroxyl groups excluding tert-OH is 1. The third-order valence-electron chi connectivity index (χ3n) is 14.0. The third kappa shape index (κ3) is 5.38. The highest BCUT2D eigenvalue weighted by Gasteiger charge is 2.85. The molecule has 1 aliphatic heterocycles. The van der Waals surface area contributed by atoms with Gasteiger partial charge in [-0.1, -0.05) is 106 Å². The highest BCUT2D eigenvalue weighted by atomic mass is 16.6. The largest absolute Gasteiger partial charge is 0.465 e. The first-order chi connectivity index (χ1) is 24.8. The molecular formula is C44H54O8. The summed E-state index contributed by atoms with van der Waals surface area (Å²) in [7, 11) is 0. The SMILES string of the molecule is C=CC1C2C=CC=CCC(=O)OC34CC(C)C5(O)C(C=C(CO)CC6(O)C(=O)C(C)=CC65)C3C4(C)COC(=O)C2C2C(C=CC=CC=CCCC)C12. The summed E-state index contributed by atoms with van der Waals surface area (Å²) < 4.78 is 12.8. The normalized spacial score (nSPS) is 46.6. The molecule has 8 heteroatoms. The lowest BCUT2D eigenvalue weighted by atomic mass is 9.60. The van der Waals surface area contributed by atoms with Gasteiger partial charge in [-0.25, -0.2) is 0 Å². The zero-order chi connectivity index (χ0) is 37.2. The maximum absolute atomic E-state index is 14.4.